The van der Waals surface area contributed by atoms with E-state index in [0.29, 0.717) is 5.56 Å². The Kier molecular flexibility index (Phi) is 4.18. The molecule has 0 amide bonds. The van der Waals surface area contributed by atoms with E-state index in [2.05, 4.69) is 0 Å². The predicted molar refractivity (Wildman–Crippen MR) is 59.0 cm³/mol. The van der Waals surface area contributed by atoms with Crippen molar-refractivity contribution >= 4 is 23.6 Å². The molecule has 0 aliphatic heterocycles. The second-order valence-corrected chi connectivity index (χ2v) is 3.80. The van der Waals surface area contributed by atoms with Crippen LogP contribution in [0.5, 0.6) is 0 Å². The minimum Gasteiger partial charge on any atom is -0.283 e. The fraction of sp³-hybridized carbons (Fsp3) is 0.182. The molecule has 5 heteroatoms. The number of thioether (sulfide) groups is 1. The van der Waals surface area contributed by atoms with Crippen LogP contribution in [0.2, 0.25) is 0 Å². The van der Waals surface area contributed by atoms with Gasteiger partial charge in [-0.15, -0.1) is 11.8 Å². The van der Waals surface area contributed by atoms with Gasteiger partial charge in [-0.25, -0.2) is 0 Å². The molecule has 1 rings (SSSR count). The number of Topliss-reactive ketones (excluding diaryl/α,β-unsaturated/α-hetero) is 1. The van der Waals surface area contributed by atoms with E-state index in [4.69, 9.17) is 0 Å². The van der Waals surface area contributed by atoms with E-state index in [-0.39, 0.29) is 4.91 Å². The highest BCUT2D eigenvalue weighted by atomic mass is 32.2. The first-order valence-electron chi connectivity index (χ1n) is 4.37. The molecular formula is C11H9F3OS. The van der Waals surface area contributed by atoms with E-state index < -0.39 is 12.0 Å². The zero-order valence-corrected chi connectivity index (χ0v) is 9.23. The van der Waals surface area contributed by atoms with Gasteiger partial charge in [0.25, 0.3) is 5.78 Å². The lowest BCUT2D eigenvalue weighted by Crippen LogP contribution is -2.23. The molecule has 0 aliphatic rings. The molecule has 0 N–H and O–H groups in total. The molecule has 1 aromatic rings. The fourth-order valence-corrected chi connectivity index (χ4v) is 1.61. The first-order valence-corrected chi connectivity index (χ1v) is 5.60. The third kappa shape index (κ3) is 3.41. The number of benzene rings is 1. The van der Waals surface area contributed by atoms with Crippen LogP contribution in [-0.2, 0) is 4.79 Å². The Morgan fingerprint density at radius 3 is 2.25 bits per heavy atom. The first-order chi connectivity index (χ1) is 7.45. The fourth-order valence-electron chi connectivity index (χ4n) is 1.06. The van der Waals surface area contributed by atoms with Crippen molar-refractivity contribution in [3.05, 3.63) is 40.8 Å². The molecule has 0 aromatic heterocycles. The van der Waals surface area contributed by atoms with Gasteiger partial charge in [-0.05, 0) is 17.9 Å². The quantitative estimate of drug-likeness (QED) is 0.759. The van der Waals surface area contributed by atoms with Gasteiger partial charge in [-0.2, -0.15) is 13.2 Å². The Morgan fingerprint density at radius 1 is 1.25 bits per heavy atom. The first kappa shape index (κ1) is 12.8. The monoisotopic (exact) mass is 246 g/mol. The van der Waals surface area contributed by atoms with Crippen LogP contribution in [0, 0.1) is 0 Å². The summed E-state index contributed by atoms with van der Waals surface area (Å²) in [4.78, 5) is 10.7. The van der Waals surface area contributed by atoms with E-state index in [9.17, 15) is 18.0 Å². The SMILES string of the molecule is CS/C(=C\c1ccccc1)C(=O)C(F)(F)F. The molecule has 0 radical (unpaired) electrons. The third-order valence-corrected chi connectivity index (χ3v) is 2.54. The second-order valence-electron chi connectivity index (χ2n) is 2.95. The Morgan fingerprint density at radius 2 is 1.81 bits per heavy atom. The number of alkyl halides is 3. The minimum atomic E-state index is -4.82. The normalized spacial score (nSPS) is 12.6. The summed E-state index contributed by atoms with van der Waals surface area (Å²) in [6.07, 6.45) is -2.14. The van der Waals surface area contributed by atoms with Crippen LogP contribution < -0.4 is 0 Å². The molecular weight excluding hydrogens is 237 g/mol. The largest absolute Gasteiger partial charge is 0.455 e. The van der Waals surface area contributed by atoms with Gasteiger partial charge in [-0.3, -0.25) is 4.79 Å². The summed E-state index contributed by atoms with van der Waals surface area (Å²) >= 11 is 0.791. The van der Waals surface area contributed by atoms with E-state index in [1.807, 2.05) is 0 Å². The summed E-state index contributed by atoms with van der Waals surface area (Å²) < 4.78 is 36.6. The lowest BCUT2D eigenvalue weighted by Gasteiger charge is -2.06. The number of carbonyl (C=O) groups is 1. The van der Waals surface area contributed by atoms with Crippen LogP contribution in [0.1, 0.15) is 5.56 Å². The topological polar surface area (TPSA) is 17.1 Å². The lowest BCUT2D eigenvalue weighted by atomic mass is 10.2. The van der Waals surface area contributed by atoms with Gasteiger partial charge in [0.2, 0.25) is 0 Å². The number of ketones is 1. The number of halogens is 3. The van der Waals surface area contributed by atoms with Crippen LogP contribution >= 0.6 is 11.8 Å². The molecule has 0 fully saturated rings. The van der Waals surface area contributed by atoms with Crippen LogP contribution in [-0.4, -0.2) is 18.2 Å². The summed E-state index contributed by atoms with van der Waals surface area (Å²) in [7, 11) is 0. The Labute approximate surface area is 95.3 Å². The Hall–Kier alpha value is -1.23. The molecule has 1 nitrogen and oxygen atoms in total. The minimum absolute atomic E-state index is 0.307. The maximum Gasteiger partial charge on any atom is 0.455 e. The number of carbonyl (C=O) groups excluding carboxylic acids is 1. The van der Waals surface area contributed by atoms with E-state index in [1.165, 1.54) is 12.3 Å². The van der Waals surface area contributed by atoms with Gasteiger partial charge < -0.3 is 0 Å². The third-order valence-electron chi connectivity index (χ3n) is 1.80. The van der Waals surface area contributed by atoms with Crippen molar-refractivity contribution in [3.63, 3.8) is 0 Å². The van der Waals surface area contributed by atoms with E-state index in [1.54, 1.807) is 30.3 Å². The Bertz CT molecular complexity index is 395. The van der Waals surface area contributed by atoms with Crippen LogP contribution in [0.4, 0.5) is 13.2 Å². The zero-order valence-electron chi connectivity index (χ0n) is 8.41. The average Bonchev–Trinajstić information content (AvgIpc) is 2.25. The molecule has 0 saturated carbocycles. The van der Waals surface area contributed by atoms with Crippen LogP contribution in [0.15, 0.2) is 35.2 Å². The maximum atomic E-state index is 12.2. The number of allylic oxidation sites excluding steroid dienone is 1. The molecule has 0 bridgehead atoms. The average molecular weight is 246 g/mol. The van der Waals surface area contributed by atoms with Crippen LogP contribution in [0.25, 0.3) is 6.08 Å². The van der Waals surface area contributed by atoms with Crippen molar-refractivity contribution in [2.24, 2.45) is 0 Å². The summed E-state index contributed by atoms with van der Waals surface area (Å²) in [6.45, 7) is 0. The molecule has 0 unspecified atom stereocenters. The smallest absolute Gasteiger partial charge is 0.283 e. The molecule has 0 atom stereocenters. The number of hydrogen-bond acceptors (Lipinski definition) is 2. The van der Waals surface area contributed by atoms with Gasteiger partial charge in [-0.1, -0.05) is 30.3 Å². The van der Waals surface area contributed by atoms with Gasteiger partial charge in [0.15, 0.2) is 0 Å². The number of hydrogen-bond donors (Lipinski definition) is 0. The summed E-state index contributed by atoms with van der Waals surface area (Å²) in [5.74, 6) is -1.80. The van der Waals surface area contributed by atoms with Crippen molar-refractivity contribution in [2.75, 3.05) is 6.26 Å². The van der Waals surface area contributed by atoms with E-state index in [0.717, 1.165) is 11.8 Å². The molecule has 86 valence electrons. The van der Waals surface area contributed by atoms with Crippen molar-refractivity contribution in [1.29, 1.82) is 0 Å². The molecule has 0 heterocycles. The van der Waals surface area contributed by atoms with Gasteiger partial charge in [0.05, 0.1) is 4.91 Å². The highest BCUT2D eigenvalue weighted by molar-refractivity contribution is 8.03. The molecule has 16 heavy (non-hydrogen) atoms. The maximum absolute atomic E-state index is 12.2. The van der Waals surface area contributed by atoms with Gasteiger partial charge >= 0.3 is 6.18 Å². The van der Waals surface area contributed by atoms with Crippen molar-refractivity contribution in [2.45, 2.75) is 6.18 Å². The van der Waals surface area contributed by atoms with Crippen molar-refractivity contribution < 1.29 is 18.0 Å². The summed E-state index contributed by atoms with van der Waals surface area (Å²) in [5.41, 5.74) is 0.574. The molecule has 1 aromatic carbocycles. The molecule has 0 saturated heterocycles. The molecule has 0 spiro atoms. The van der Waals surface area contributed by atoms with Gasteiger partial charge in [0.1, 0.15) is 0 Å². The van der Waals surface area contributed by atoms with Crippen molar-refractivity contribution in [1.82, 2.24) is 0 Å². The highest BCUT2D eigenvalue weighted by Crippen LogP contribution is 2.27. The zero-order chi connectivity index (χ0) is 12.2. The van der Waals surface area contributed by atoms with E-state index >= 15 is 0 Å². The standard InChI is InChI=1S/C11H9F3OS/c1-16-9(10(15)11(12,13)14)7-8-5-3-2-4-6-8/h2-7H,1H3/b9-7-. The van der Waals surface area contributed by atoms with Crippen LogP contribution in [0.3, 0.4) is 0 Å². The molecule has 0 aliphatic carbocycles. The lowest BCUT2D eigenvalue weighted by molar-refractivity contribution is -0.165. The number of rotatable bonds is 3. The van der Waals surface area contributed by atoms with Gasteiger partial charge in [0, 0.05) is 0 Å². The second kappa shape index (κ2) is 5.21. The highest BCUT2D eigenvalue weighted by Gasteiger charge is 2.40. The summed E-state index contributed by atoms with van der Waals surface area (Å²) in [5, 5.41) is 0. The summed E-state index contributed by atoms with van der Waals surface area (Å²) in [6, 6.07) is 8.42. The van der Waals surface area contributed by atoms with Crippen molar-refractivity contribution in [3.8, 4) is 0 Å². The Balaban J connectivity index is 3.00. The predicted octanol–water partition coefficient (Wildman–Crippen LogP) is 3.52.